The van der Waals surface area contributed by atoms with Crippen molar-refractivity contribution >= 4 is 66.1 Å². The molecule has 0 bridgehead atoms. The average molecular weight is 729 g/mol. The fraction of sp³-hybridized carbons (Fsp3) is 0.0189. The van der Waals surface area contributed by atoms with Gasteiger partial charge in [-0.2, -0.15) is 0 Å². The number of fused-ring (bicyclic) bond motifs is 18. The summed E-state index contributed by atoms with van der Waals surface area (Å²) in [5, 5.41) is 7.59. The van der Waals surface area contributed by atoms with E-state index in [2.05, 4.69) is 203 Å². The molecule has 0 atom stereocenters. The van der Waals surface area contributed by atoms with Crippen molar-refractivity contribution in [2.75, 3.05) is 0 Å². The van der Waals surface area contributed by atoms with Crippen LogP contribution < -0.4 is 0 Å². The van der Waals surface area contributed by atoms with Gasteiger partial charge >= 0.3 is 0 Å². The molecule has 0 unspecified atom stereocenters. The molecule has 0 saturated heterocycles. The highest BCUT2D eigenvalue weighted by Crippen LogP contribution is 2.63. The number of nitrogens with zero attached hydrogens (tertiary/aromatic N) is 2. The number of aromatic nitrogens is 2. The molecule has 0 radical (unpaired) electrons. The first-order valence-corrected chi connectivity index (χ1v) is 20.2. The quantitative estimate of drug-likeness (QED) is 0.172. The van der Waals surface area contributed by atoms with Gasteiger partial charge in [0.2, 0.25) is 0 Å². The molecule has 260 valence electrons. The van der Waals surface area contributed by atoms with Gasteiger partial charge in [0.15, 0.2) is 0 Å². The van der Waals surface area contributed by atoms with Crippen LogP contribution in [0.25, 0.3) is 76.9 Å². The molecule has 2 nitrogen and oxygen atoms in total. The highest BCUT2D eigenvalue weighted by molar-refractivity contribution is 7.99. The lowest BCUT2D eigenvalue weighted by atomic mass is 9.67. The lowest BCUT2D eigenvalue weighted by Crippen LogP contribution is -2.32. The van der Waals surface area contributed by atoms with E-state index in [1.165, 1.54) is 97.6 Å². The molecule has 0 amide bonds. The second-order valence-electron chi connectivity index (χ2n) is 15.2. The van der Waals surface area contributed by atoms with Crippen LogP contribution in [0.3, 0.4) is 0 Å². The molecule has 0 N–H and O–H groups in total. The summed E-state index contributed by atoms with van der Waals surface area (Å²) in [6, 6.07) is 72.4. The number of rotatable bonds is 2. The van der Waals surface area contributed by atoms with Crippen molar-refractivity contribution in [2.45, 2.75) is 15.2 Å². The zero-order chi connectivity index (χ0) is 36.5. The molecule has 3 heteroatoms. The van der Waals surface area contributed by atoms with E-state index in [4.69, 9.17) is 0 Å². The Morgan fingerprint density at radius 1 is 0.339 bits per heavy atom. The minimum Gasteiger partial charge on any atom is -0.309 e. The first-order valence-electron chi connectivity index (χ1n) is 19.4. The van der Waals surface area contributed by atoms with Gasteiger partial charge in [-0.25, -0.2) is 0 Å². The Morgan fingerprint density at radius 2 is 0.857 bits per heavy atom. The van der Waals surface area contributed by atoms with Gasteiger partial charge in [0.05, 0.1) is 27.5 Å². The molecular weight excluding hydrogens is 697 g/mol. The van der Waals surface area contributed by atoms with E-state index in [0.717, 1.165) is 11.4 Å². The van der Waals surface area contributed by atoms with Crippen molar-refractivity contribution < 1.29 is 0 Å². The standard InChI is InChI=1S/C53H32N2S/c1-2-14-36-33(13-1)25-30-41-42-31-32-46-52(56-49-24-12-9-21-45(49)53(46)43-19-7-3-15-37(43)38-16-4-8-20-44(38)53)51(42)55(50(36)41)35-28-26-34(27-29-35)54-47-22-10-5-17-39(47)40-18-6-11-23-48(40)54/h1-32H. The summed E-state index contributed by atoms with van der Waals surface area (Å²) in [4.78, 5) is 2.63. The monoisotopic (exact) mass is 728 g/mol. The van der Waals surface area contributed by atoms with Gasteiger partial charge in [0, 0.05) is 48.1 Å². The first-order chi connectivity index (χ1) is 27.8. The predicted octanol–water partition coefficient (Wildman–Crippen LogP) is 13.9. The zero-order valence-electron chi connectivity index (χ0n) is 30.3. The van der Waals surface area contributed by atoms with Gasteiger partial charge in [-0.3, -0.25) is 0 Å². The van der Waals surface area contributed by atoms with Crippen molar-refractivity contribution in [3.05, 3.63) is 216 Å². The van der Waals surface area contributed by atoms with E-state index in [-0.39, 0.29) is 0 Å². The van der Waals surface area contributed by atoms with Crippen molar-refractivity contribution in [1.82, 2.24) is 9.13 Å². The maximum atomic E-state index is 2.57. The van der Waals surface area contributed by atoms with E-state index in [1.54, 1.807) is 0 Å². The molecule has 13 rings (SSSR count). The maximum absolute atomic E-state index is 2.57. The minimum absolute atomic E-state index is 0.442. The highest BCUT2D eigenvalue weighted by Gasteiger charge is 2.50. The predicted molar refractivity (Wildman–Crippen MR) is 234 cm³/mol. The van der Waals surface area contributed by atoms with Crippen molar-refractivity contribution in [2.24, 2.45) is 0 Å². The molecule has 9 aromatic carbocycles. The SMILES string of the molecule is c1ccc2c(c1)Sc1c(ccc3c4ccc5ccccc5c4n(-c4ccc(-n5c6ccccc6c6ccccc65)cc4)c13)C21c2ccccc2-c2ccccc21. The Kier molecular flexibility index (Phi) is 6.06. The molecular formula is C53H32N2S. The largest absolute Gasteiger partial charge is 0.309 e. The van der Waals surface area contributed by atoms with Crippen molar-refractivity contribution in [1.29, 1.82) is 0 Å². The Labute approximate surface area is 327 Å². The fourth-order valence-corrected chi connectivity index (χ4v) is 11.7. The summed E-state index contributed by atoms with van der Waals surface area (Å²) in [5.41, 5.74) is 14.9. The zero-order valence-corrected chi connectivity index (χ0v) is 31.1. The van der Waals surface area contributed by atoms with Crippen molar-refractivity contribution in [3.8, 4) is 22.5 Å². The third-order valence-corrected chi connectivity index (χ3v) is 13.8. The number of hydrogen-bond acceptors (Lipinski definition) is 1. The van der Waals surface area contributed by atoms with Gasteiger partial charge in [0.25, 0.3) is 0 Å². The summed E-state index contributed by atoms with van der Waals surface area (Å²) in [6.07, 6.45) is 0. The molecule has 1 aliphatic heterocycles. The van der Waals surface area contributed by atoms with Crippen LogP contribution in [-0.2, 0) is 5.41 Å². The summed E-state index contributed by atoms with van der Waals surface area (Å²) in [7, 11) is 0. The van der Waals surface area contributed by atoms with Gasteiger partial charge in [-0.1, -0.05) is 163 Å². The Morgan fingerprint density at radius 3 is 1.55 bits per heavy atom. The molecule has 2 aromatic heterocycles. The third kappa shape index (κ3) is 3.78. The molecule has 0 saturated carbocycles. The first kappa shape index (κ1) is 30.5. The van der Waals surface area contributed by atoms with Gasteiger partial charge in [-0.05, 0) is 81.2 Å². The van der Waals surface area contributed by atoms with E-state index < -0.39 is 5.41 Å². The Balaban J connectivity index is 1.14. The molecule has 56 heavy (non-hydrogen) atoms. The van der Waals surface area contributed by atoms with Crippen LogP contribution >= 0.6 is 11.8 Å². The van der Waals surface area contributed by atoms with Gasteiger partial charge < -0.3 is 9.13 Å². The van der Waals surface area contributed by atoms with E-state index >= 15 is 0 Å². The van der Waals surface area contributed by atoms with Crippen LogP contribution in [0.2, 0.25) is 0 Å². The van der Waals surface area contributed by atoms with Gasteiger partial charge in [-0.15, -0.1) is 0 Å². The van der Waals surface area contributed by atoms with Crippen LogP contribution in [-0.4, -0.2) is 9.13 Å². The van der Waals surface area contributed by atoms with Gasteiger partial charge in [0.1, 0.15) is 0 Å². The number of benzene rings is 9. The van der Waals surface area contributed by atoms with E-state index in [1.807, 2.05) is 11.8 Å². The van der Waals surface area contributed by atoms with Crippen molar-refractivity contribution in [3.63, 3.8) is 0 Å². The fourth-order valence-electron chi connectivity index (χ4n) is 10.4. The lowest BCUT2D eigenvalue weighted by molar-refractivity contribution is 0.724. The molecule has 3 heterocycles. The molecule has 1 spiro atoms. The smallest absolute Gasteiger partial charge is 0.0736 e. The third-order valence-electron chi connectivity index (χ3n) is 12.6. The molecule has 0 fully saturated rings. The summed E-state index contributed by atoms with van der Waals surface area (Å²) < 4.78 is 4.98. The summed E-state index contributed by atoms with van der Waals surface area (Å²) >= 11 is 1.93. The topological polar surface area (TPSA) is 9.86 Å². The van der Waals surface area contributed by atoms with Crippen LogP contribution in [0.5, 0.6) is 0 Å². The van der Waals surface area contributed by atoms with E-state index in [0.29, 0.717) is 0 Å². The Bertz CT molecular complexity index is 3360. The number of hydrogen-bond donors (Lipinski definition) is 0. The number of para-hydroxylation sites is 2. The van der Waals surface area contributed by atoms with Crippen LogP contribution in [0, 0.1) is 0 Å². The maximum Gasteiger partial charge on any atom is 0.0736 e. The van der Waals surface area contributed by atoms with E-state index in [9.17, 15) is 0 Å². The normalized spacial score (nSPS) is 13.8. The molecule has 2 aliphatic rings. The second-order valence-corrected chi connectivity index (χ2v) is 16.2. The van der Waals surface area contributed by atoms with Crippen LogP contribution in [0.4, 0.5) is 0 Å². The van der Waals surface area contributed by atoms with Crippen LogP contribution in [0.15, 0.2) is 204 Å². The average Bonchev–Trinajstić information content (AvgIpc) is 3.89. The summed E-state index contributed by atoms with van der Waals surface area (Å²) in [6.45, 7) is 0. The molecule has 1 aliphatic carbocycles. The highest BCUT2D eigenvalue weighted by atomic mass is 32.2. The summed E-state index contributed by atoms with van der Waals surface area (Å²) in [5.74, 6) is 0. The van der Waals surface area contributed by atoms with Crippen LogP contribution in [0.1, 0.15) is 22.3 Å². The lowest BCUT2D eigenvalue weighted by Gasteiger charge is -2.40. The second kappa shape index (κ2) is 11.1. The Hall–Kier alpha value is -6.81. The molecule has 11 aromatic rings. The minimum atomic E-state index is -0.442.